The highest BCUT2D eigenvalue weighted by Crippen LogP contribution is 2.23. The molecule has 0 bridgehead atoms. The van der Waals surface area contributed by atoms with Gasteiger partial charge < -0.3 is 9.84 Å². The van der Waals surface area contributed by atoms with Crippen LogP contribution in [-0.2, 0) is 0 Å². The zero-order valence-corrected chi connectivity index (χ0v) is 10.7. The van der Waals surface area contributed by atoms with Crippen LogP contribution in [0.25, 0.3) is 0 Å². The first-order chi connectivity index (χ1) is 9.06. The van der Waals surface area contributed by atoms with Crippen molar-refractivity contribution in [3.05, 3.63) is 47.8 Å². The van der Waals surface area contributed by atoms with Crippen LogP contribution in [0, 0.1) is 0 Å². The highest BCUT2D eigenvalue weighted by molar-refractivity contribution is 5.85. The quantitative estimate of drug-likeness (QED) is 0.912. The zero-order valence-electron chi connectivity index (χ0n) is 10.7. The van der Waals surface area contributed by atoms with E-state index in [1.54, 1.807) is 6.07 Å². The van der Waals surface area contributed by atoms with Gasteiger partial charge in [-0.25, -0.2) is 9.78 Å². The molecule has 0 radical (unpaired) electrons. The summed E-state index contributed by atoms with van der Waals surface area (Å²) in [5, 5.41) is 8.85. The topological polar surface area (TPSA) is 72.3 Å². The molecule has 1 N–H and O–H groups in total. The summed E-state index contributed by atoms with van der Waals surface area (Å²) < 4.78 is 5.47. The second-order valence-corrected chi connectivity index (χ2v) is 4.36. The summed E-state index contributed by atoms with van der Waals surface area (Å²) in [4.78, 5) is 18.5. The smallest absolute Gasteiger partial charge is 0.354 e. The molecule has 19 heavy (non-hydrogen) atoms. The Morgan fingerprint density at radius 3 is 2.79 bits per heavy atom. The molecule has 0 aliphatic heterocycles. The molecule has 0 amide bonds. The van der Waals surface area contributed by atoms with Gasteiger partial charge in [0.05, 0.1) is 0 Å². The van der Waals surface area contributed by atoms with Crippen LogP contribution in [0.2, 0.25) is 0 Å². The van der Waals surface area contributed by atoms with Gasteiger partial charge >= 0.3 is 12.0 Å². The molecule has 2 aromatic rings. The molecule has 0 aliphatic carbocycles. The molecule has 1 aromatic heterocycles. The fourth-order valence-corrected chi connectivity index (χ4v) is 1.55. The maximum Gasteiger partial charge on any atom is 0.354 e. The number of carbonyl (C=O) groups is 1. The summed E-state index contributed by atoms with van der Waals surface area (Å²) in [7, 11) is 0. The second-order valence-electron chi connectivity index (χ2n) is 4.36. The van der Waals surface area contributed by atoms with Crippen molar-refractivity contribution in [3.63, 3.8) is 0 Å². The van der Waals surface area contributed by atoms with Crippen LogP contribution in [0.5, 0.6) is 11.8 Å². The lowest BCUT2D eigenvalue weighted by molar-refractivity contribution is 0.0689. The number of ether oxygens (including phenoxy) is 1. The SMILES string of the molecule is CC(C)c1cccc(Oc2nccc(C(=O)O)n2)c1. The Hall–Kier alpha value is -2.43. The van der Waals surface area contributed by atoms with Gasteiger partial charge in [-0.1, -0.05) is 26.0 Å². The van der Waals surface area contributed by atoms with E-state index in [0.717, 1.165) is 5.56 Å². The number of benzene rings is 1. The molecular formula is C14H14N2O3. The molecule has 0 atom stereocenters. The lowest BCUT2D eigenvalue weighted by Gasteiger charge is -2.08. The largest absolute Gasteiger partial charge is 0.477 e. The number of aromatic carboxylic acids is 1. The monoisotopic (exact) mass is 258 g/mol. The van der Waals surface area contributed by atoms with Gasteiger partial charge in [-0.2, -0.15) is 4.98 Å². The van der Waals surface area contributed by atoms with Crippen molar-refractivity contribution in [1.29, 1.82) is 0 Å². The van der Waals surface area contributed by atoms with Crippen LogP contribution < -0.4 is 4.74 Å². The van der Waals surface area contributed by atoms with Crippen molar-refractivity contribution in [2.75, 3.05) is 0 Å². The Kier molecular flexibility index (Phi) is 3.75. The number of nitrogens with zero attached hydrogens (tertiary/aromatic N) is 2. The van der Waals surface area contributed by atoms with Crippen molar-refractivity contribution < 1.29 is 14.6 Å². The molecule has 1 heterocycles. The van der Waals surface area contributed by atoms with Gasteiger partial charge in [-0.05, 0) is 29.7 Å². The van der Waals surface area contributed by atoms with Crippen molar-refractivity contribution >= 4 is 5.97 Å². The van der Waals surface area contributed by atoms with Crippen LogP contribution in [0.4, 0.5) is 0 Å². The Morgan fingerprint density at radius 1 is 1.32 bits per heavy atom. The molecular weight excluding hydrogens is 244 g/mol. The predicted octanol–water partition coefficient (Wildman–Crippen LogP) is 3.09. The predicted molar refractivity (Wildman–Crippen MR) is 69.6 cm³/mol. The van der Waals surface area contributed by atoms with Crippen LogP contribution in [0.1, 0.15) is 35.8 Å². The molecule has 0 saturated carbocycles. The fourth-order valence-electron chi connectivity index (χ4n) is 1.55. The van der Waals surface area contributed by atoms with E-state index in [9.17, 15) is 4.79 Å². The van der Waals surface area contributed by atoms with Crippen LogP contribution in [0.15, 0.2) is 36.5 Å². The van der Waals surface area contributed by atoms with Crippen LogP contribution in [0.3, 0.4) is 0 Å². The number of aromatic nitrogens is 2. The lowest BCUT2D eigenvalue weighted by atomic mass is 10.0. The summed E-state index contributed by atoms with van der Waals surface area (Å²) in [6.07, 6.45) is 1.36. The average molecular weight is 258 g/mol. The Labute approximate surface area is 110 Å². The van der Waals surface area contributed by atoms with E-state index in [2.05, 4.69) is 23.8 Å². The summed E-state index contributed by atoms with van der Waals surface area (Å²) >= 11 is 0. The number of carboxylic acids is 1. The molecule has 5 heteroatoms. The number of hydrogen-bond donors (Lipinski definition) is 1. The van der Waals surface area contributed by atoms with E-state index >= 15 is 0 Å². The van der Waals surface area contributed by atoms with E-state index in [0.29, 0.717) is 11.7 Å². The number of rotatable bonds is 4. The number of hydrogen-bond acceptors (Lipinski definition) is 4. The third-order valence-electron chi connectivity index (χ3n) is 2.59. The zero-order chi connectivity index (χ0) is 13.8. The van der Waals surface area contributed by atoms with Crippen LogP contribution >= 0.6 is 0 Å². The van der Waals surface area contributed by atoms with Crippen LogP contribution in [-0.4, -0.2) is 21.0 Å². The summed E-state index contributed by atoms with van der Waals surface area (Å²) in [5.41, 5.74) is 1.04. The number of carboxylic acid groups (broad SMARTS) is 1. The van der Waals surface area contributed by atoms with Gasteiger partial charge in [-0.15, -0.1) is 0 Å². The summed E-state index contributed by atoms with van der Waals surface area (Å²) in [6, 6.07) is 8.91. The van der Waals surface area contributed by atoms with E-state index < -0.39 is 5.97 Å². The maximum atomic E-state index is 10.8. The van der Waals surface area contributed by atoms with Crippen molar-refractivity contribution in [2.24, 2.45) is 0 Å². The van der Waals surface area contributed by atoms with Gasteiger partial charge in [0.15, 0.2) is 5.69 Å². The molecule has 1 aromatic carbocycles. The standard InChI is InChI=1S/C14H14N2O3/c1-9(2)10-4-3-5-11(8-10)19-14-15-7-6-12(16-14)13(17)18/h3-9H,1-2H3,(H,17,18). The Bertz CT molecular complexity index is 597. The van der Waals surface area contributed by atoms with Crippen molar-refractivity contribution in [1.82, 2.24) is 9.97 Å². The molecule has 5 nitrogen and oxygen atoms in total. The van der Waals surface area contributed by atoms with E-state index in [4.69, 9.17) is 9.84 Å². The summed E-state index contributed by atoms with van der Waals surface area (Å²) in [6.45, 7) is 4.17. The Balaban J connectivity index is 2.23. The third-order valence-corrected chi connectivity index (χ3v) is 2.59. The minimum absolute atomic E-state index is 0.0285. The van der Waals surface area contributed by atoms with Gasteiger partial charge in [0.1, 0.15) is 5.75 Å². The van der Waals surface area contributed by atoms with E-state index in [1.165, 1.54) is 12.3 Å². The highest BCUT2D eigenvalue weighted by Gasteiger charge is 2.08. The third kappa shape index (κ3) is 3.28. The molecule has 0 fully saturated rings. The van der Waals surface area contributed by atoms with Gasteiger partial charge in [-0.3, -0.25) is 0 Å². The van der Waals surface area contributed by atoms with E-state index in [1.807, 2.05) is 18.2 Å². The average Bonchev–Trinajstić information content (AvgIpc) is 2.39. The lowest BCUT2D eigenvalue weighted by Crippen LogP contribution is -2.02. The minimum Gasteiger partial charge on any atom is -0.477 e. The molecule has 0 unspecified atom stereocenters. The summed E-state index contributed by atoms with van der Waals surface area (Å²) in [5.74, 6) is -0.133. The first kappa shape index (κ1) is 13.0. The van der Waals surface area contributed by atoms with Gasteiger partial charge in [0.25, 0.3) is 0 Å². The maximum absolute atomic E-state index is 10.8. The molecule has 98 valence electrons. The Morgan fingerprint density at radius 2 is 2.11 bits per heavy atom. The van der Waals surface area contributed by atoms with Gasteiger partial charge in [0.2, 0.25) is 0 Å². The molecule has 2 rings (SSSR count). The fraction of sp³-hybridized carbons (Fsp3) is 0.214. The van der Waals surface area contributed by atoms with E-state index in [-0.39, 0.29) is 11.7 Å². The van der Waals surface area contributed by atoms with Gasteiger partial charge in [0, 0.05) is 6.20 Å². The first-order valence-electron chi connectivity index (χ1n) is 5.90. The first-order valence-corrected chi connectivity index (χ1v) is 5.90. The van der Waals surface area contributed by atoms with Crippen molar-refractivity contribution in [2.45, 2.75) is 19.8 Å². The highest BCUT2D eigenvalue weighted by atomic mass is 16.5. The molecule has 0 aliphatic rings. The van der Waals surface area contributed by atoms with Crippen molar-refractivity contribution in [3.8, 4) is 11.8 Å². The normalized spacial score (nSPS) is 10.5. The molecule has 0 saturated heterocycles. The minimum atomic E-state index is -1.11. The second kappa shape index (κ2) is 5.48. The molecule has 0 spiro atoms.